The van der Waals surface area contributed by atoms with Crippen molar-refractivity contribution in [1.82, 2.24) is 5.32 Å². The van der Waals surface area contributed by atoms with Crippen molar-refractivity contribution in [3.05, 3.63) is 0 Å². The lowest BCUT2D eigenvalue weighted by Crippen LogP contribution is -2.28. The van der Waals surface area contributed by atoms with Gasteiger partial charge < -0.3 is 10.1 Å². The SMILES string of the molecule is CCCNC(CC)CCCCCC1CCCO1. The average molecular weight is 241 g/mol. The van der Waals surface area contributed by atoms with Gasteiger partial charge in [-0.05, 0) is 45.1 Å². The molecule has 1 N–H and O–H groups in total. The lowest BCUT2D eigenvalue weighted by Gasteiger charge is -2.16. The van der Waals surface area contributed by atoms with Crippen LogP contribution in [0.1, 0.15) is 71.6 Å². The average Bonchev–Trinajstić information content (AvgIpc) is 2.85. The van der Waals surface area contributed by atoms with Crippen molar-refractivity contribution in [2.24, 2.45) is 0 Å². The molecular formula is C15H31NO. The van der Waals surface area contributed by atoms with E-state index < -0.39 is 0 Å². The first kappa shape index (κ1) is 15.0. The molecule has 1 aliphatic rings. The highest BCUT2D eigenvalue weighted by Gasteiger charge is 2.14. The second-order valence-corrected chi connectivity index (χ2v) is 5.33. The van der Waals surface area contributed by atoms with Crippen molar-refractivity contribution in [1.29, 1.82) is 0 Å². The predicted molar refractivity (Wildman–Crippen MR) is 74.4 cm³/mol. The van der Waals surface area contributed by atoms with E-state index in [2.05, 4.69) is 19.2 Å². The minimum absolute atomic E-state index is 0.593. The van der Waals surface area contributed by atoms with Crippen LogP contribution in [-0.2, 0) is 4.74 Å². The molecule has 0 amide bonds. The van der Waals surface area contributed by atoms with Crippen LogP contribution in [0.15, 0.2) is 0 Å². The van der Waals surface area contributed by atoms with Gasteiger partial charge in [0.15, 0.2) is 0 Å². The van der Waals surface area contributed by atoms with Crippen molar-refractivity contribution >= 4 is 0 Å². The monoisotopic (exact) mass is 241 g/mol. The molecule has 0 bridgehead atoms. The third kappa shape index (κ3) is 7.05. The van der Waals surface area contributed by atoms with Crippen LogP contribution in [0.5, 0.6) is 0 Å². The molecule has 0 aliphatic carbocycles. The van der Waals surface area contributed by atoms with Crippen LogP contribution < -0.4 is 5.32 Å². The van der Waals surface area contributed by atoms with E-state index in [4.69, 9.17) is 4.74 Å². The lowest BCUT2D eigenvalue weighted by atomic mass is 10.0. The quantitative estimate of drug-likeness (QED) is 0.586. The first-order valence-corrected chi connectivity index (χ1v) is 7.71. The molecule has 17 heavy (non-hydrogen) atoms. The first-order chi connectivity index (χ1) is 8.36. The lowest BCUT2D eigenvalue weighted by molar-refractivity contribution is 0.102. The van der Waals surface area contributed by atoms with E-state index in [1.54, 1.807) is 0 Å². The van der Waals surface area contributed by atoms with E-state index in [0.29, 0.717) is 6.10 Å². The molecule has 1 rings (SSSR count). The molecule has 102 valence electrons. The maximum absolute atomic E-state index is 5.64. The summed E-state index contributed by atoms with van der Waals surface area (Å²) in [5.41, 5.74) is 0. The number of rotatable bonds is 10. The summed E-state index contributed by atoms with van der Waals surface area (Å²) in [7, 11) is 0. The van der Waals surface area contributed by atoms with Gasteiger partial charge in [-0.15, -0.1) is 0 Å². The van der Waals surface area contributed by atoms with Crippen molar-refractivity contribution in [2.75, 3.05) is 13.2 Å². The molecule has 2 atom stereocenters. The molecule has 1 aliphatic heterocycles. The van der Waals surface area contributed by atoms with Crippen LogP contribution in [0.2, 0.25) is 0 Å². The van der Waals surface area contributed by atoms with Crippen molar-refractivity contribution in [3.63, 3.8) is 0 Å². The fourth-order valence-corrected chi connectivity index (χ4v) is 2.61. The van der Waals surface area contributed by atoms with Crippen molar-refractivity contribution < 1.29 is 4.74 Å². The maximum atomic E-state index is 5.64. The summed E-state index contributed by atoms with van der Waals surface area (Å²) in [6.07, 6.45) is 12.4. The summed E-state index contributed by atoms with van der Waals surface area (Å²) in [6, 6.07) is 0.748. The Morgan fingerprint density at radius 1 is 1.24 bits per heavy atom. The van der Waals surface area contributed by atoms with Crippen LogP contribution in [0.3, 0.4) is 0 Å². The van der Waals surface area contributed by atoms with Crippen LogP contribution in [-0.4, -0.2) is 25.3 Å². The topological polar surface area (TPSA) is 21.3 Å². The predicted octanol–water partition coefficient (Wildman–Crippen LogP) is 3.89. The minimum Gasteiger partial charge on any atom is -0.378 e. The standard InChI is InChI=1S/C15H31NO/c1-3-12-16-14(4-2)9-6-5-7-10-15-11-8-13-17-15/h14-16H,3-13H2,1-2H3. The number of hydrogen-bond acceptors (Lipinski definition) is 2. The number of nitrogens with one attached hydrogen (secondary N) is 1. The van der Waals surface area contributed by atoms with Crippen molar-refractivity contribution in [3.8, 4) is 0 Å². The Bertz CT molecular complexity index is 166. The molecule has 0 aromatic carbocycles. The highest BCUT2D eigenvalue weighted by Crippen LogP contribution is 2.18. The van der Waals surface area contributed by atoms with Crippen LogP contribution >= 0.6 is 0 Å². The van der Waals surface area contributed by atoms with E-state index in [9.17, 15) is 0 Å². The molecule has 0 saturated carbocycles. The largest absolute Gasteiger partial charge is 0.378 e. The summed E-state index contributed by atoms with van der Waals surface area (Å²) in [5.74, 6) is 0. The Morgan fingerprint density at radius 3 is 2.76 bits per heavy atom. The Kier molecular flexibility index (Phi) is 8.72. The molecule has 2 unspecified atom stereocenters. The summed E-state index contributed by atoms with van der Waals surface area (Å²) >= 11 is 0. The molecule has 0 spiro atoms. The normalized spacial score (nSPS) is 21.9. The Labute approximate surface area is 108 Å². The second kappa shape index (κ2) is 9.90. The van der Waals surface area contributed by atoms with Gasteiger partial charge in [0.1, 0.15) is 0 Å². The zero-order valence-electron chi connectivity index (χ0n) is 11.8. The van der Waals surface area contributed by atoms with Crippen LogP contribution in [0, 0.1) is 0 Å². The summed E-state index contributed by atoms with van der Waals surface area (Å²) < 4.78 is 5.64. The van der Waals surface area contributed by atoms with Gasteiger partial charge in [0.25, 0.3) is 0 Å². The zero-order valence-corrected chi connectivity index (χ0v) is 11.8. The van der Waals surface area contributed by atoms with Gasteiger partial charge in [0.2, 0.25) is 0 Å². The Morgan fingerprint density at radius 2 is 2.12 bits per heavy atom. The Hall–Kier alpha value is -0.0800. The second-order valence-electron chi connectivity index (χ2n) is 5.33. The minimum atomic E-state index is 0.593. The molecule has 1 heterocycles. The van der Waals surface area contributed by atoms with E-state index >= 15 is 0 Å². The van der Waals surface area contributed by atoms with E-state index in [1.165, 1.54) is 64.3 Å². The molecule has 1 saturated heterocycles. The van der Waals surface area contributed by atoms with Gasteiger partial charge in [-0.3, -0.25) is 0 Å². The van der Waals surface area contributed by atoms with E-state index in [-0.39, 0.29) is 0 Å². The van der Waals surface area contributed by atoms with Gasteiger partial charge in [-0.1, -0.05) is 33.1 Å². The fourth-order valence-electron chi connectivity index (χ4n) is 2.61. The van der Waals surface area contributed by atoms with E-state index in [1.807, 2.05) is 0 Å². The van der Waals surface area contributed by atoms with E-state index in [0.717, 1.165) is 12.6 Å². The molecule has 0 aromatic heterocycles. The first-order valence-electron chi connectivity index (χ1n) is 7.71. The van der Waals surface area contributed by atoms with Crippen LogP contribution in [0.4, 0.5) is 0 Å². The highest BCUT2D eigenvalue weighted by atomic mass is 16.5. The molecule has 0 radical (unpaired) electrons. The third-order valence-corrected chi connectivity index (χ3v) is 3.78. The summed E-state index contributed by atoms with van der Waals surface area (Å²) in [4.78, 5) is 0. The van der Waals surface area contributed by atoms with Crippen LogP contribution in [0.25, 0.3) is 0 Å². The zero-order chi connectivity index (χ0) is 12.3. The number of unbranched alkanes of at least 4 members (excludes halogenated alkanes) is 2. The van der Waals surface area contributed by atoms with Gasteiger partial charge in [-0.2, -0.15) is 0 Å². The van der Waals surface area contributed by atoms with Gasteiger partial charge in [-0.25, -0.2) is 0 Å². The summed E-state index contributed by atoms with van der Waals surface area (Å²) in [5, 5.41) is 3.63. The van der Waals surface area contributed by atoms with Gasteiger partial charge in [0, 0.05) is 12.6 Å². The molecule has 1 fully saturated rings. The molecule has 2 heteroatoms. The Balaban J connectivity index is 1.90. The number of ether oxygens (including phenoxy) is 1. The molecule has 0 aromatic rings. The van der Waals surface area contributed by atoms with Gasteiger partial charge in [0.05, 0.1) is 6.10 Å². The molecular weight excluding hydrogens is 210 g/mol. The molecule has 2 nitrogen and oxygen atoms in total. The third-order valence-electron chi connectivity index (χ3n) is 3.78. The fraction of sp³-hybridized carbons (Fsp3) is 1.00. The summed E-state index contributed by atoms with van der Waals surface area (Å²) in [6.45, 7) is 6.71. The van der Waals surface area contributed by atoms with Gasteiger partial charge >= 0.3 is 0 Å². The number of hydrogen-bond donors (Lipinski definition) is 1. The smallest absolute Gasteiger partial charge is 0.0576 e. The highest BCUT2D eigenvalue weighted by molar-refractivity contribution is 4.67. The maximum Gasteiger partial charge on any atom is 0.0576 e. The van der Waals surface area contributed by atoms with Crippen molar-refractivity contribution in [2.45, 2.75) is 83.8 Å².